The van der Waals surface area contributed by atoms with Crippen molar-refractivity contribution in [2.45, 2.75) is 20.3 Å². The molecule has 2 aromatic heterocycles. The molecule has 2 heterocycles. The number of imidazole rings is 1. The molecule has 0 unspecified atom stereocenters. The first kappa shape index (κ1) is 12.5. The molecule has 0 amide bonds. The summed E-state index contributed by atoms with van der Waals surface area (Å²) in [5.41, 5.74) is 1.98. The Hall–Kier alpha value is -1.91. The van der Waals surface area contributed by atoms with E-state index < -0.39 is 0 Å². The van der Waals surface area contributed by atoms with Crippen LogP contribution in [-0.2, 0) is 13.5 Å². The Bertz CT molecular complexity index is 530. The van der Waals surface area contributed by atoms with Crippen molar-refractivity contribution in [3.63, 3.8) is 0 Å². The van der Waals surface area contributed by atoms with Gasteiger partial charge in [0, 0.05) is 25.9 Å². The summed E-state index contributed by atoms with van der Waals surface area (Å²) in [5.74, 6) is 2.14. The van der Waals surface area contributed by atoms with E-state index in [1.807, 2.05) is 24.7 Å². The van der Waals surface area contributed by atoms with Gasteiger partial charge in [0.25, 0.3) is 0 Å². The second-order valence-corrected chi connectivity index (χ2v) is 4.81. The van der Waals surface area contributed by atoms with Gasteiger partial charge in [-0.1, -0.05) is 13.8 Å². The lowest BCUT2D eigenvalue weighted by atomic mass is 10.1. The second kappa shape index (κ2) is 5.16. The van der Waals surface area contributed by atoms with Gasteiger partial charge in [-0.2, -0.15) is 0 Å². The van der Waals surface area contributed by atoms with Crippen LogP contribution in [0.5, 0.6) is 0 Å². The summed E-state index contributed by atoms with van der Waals surface area (Å²) in [5, 5.41) is 3.08. The minimum atomic E-state index is 0.573. The Labute approximate surface area is 107 Å². The summed E-state index contributed by atoms with van der Waals surface area (Å²) in [6, 6.07) is 2.00. The van der Waals surface area contributed by atoms with Crippen molar-refractivity contribution in [3.8, 4) is 11.5 Å². The van der Waals surface area contributed by atoms with Crippen molar-refractivity contribution in [3.05, 3.63) is 24.3 Å². The van der Waals surface area contributed by atoms with E-state index in [0.29, 0.717) is 5.92 Å². The maximum absolute atomic E-state index is 4.61. The highest BCUT2D eigenvalue weighted by atomic mass is 15.1. The average Bonchev–Trinajstić information content (AvgIpc) is 2.74. The Kier molecular flexibility index (Phi) is 3.60. The van der Waals surface area contributed by atoms with Crippen molar-refractivity contribution in [2.75, 3.05) is 12.4 Å². The highest BCUT2D eigenvalue weighted by Crippen LogP contribution is 2.18. The van der Waals surface area contributed by atoms with E-state index in [1.165, 1.54) is 0 Å². The summed E-state index contributed by atoms with van der Waals surface area (Å²) in [6.07, 6.45) is 4.49. The number of rotatable bonds is 4. The van der Waals surface area contributed by atoms with Crippen molar-refractivity contribution < 1.29 is 0 Å². The molecule has 0 bridgehead atoms. The summed E-state index contributed by atoms with van der Waals surface area (Å²) in [6.45, 7) is 4.37. The van der Waals surface area contributed by atoms with Crippen LogP contribution in [-0.4, -0.2) is 26.6 Å². The van der Waals surface area contributed by atoms with E-state index in [1.54, 1.807) is 12.5 Å². The van der Waals surface area contributed by atoms with Crippen LogP contribution in [0.4, 0.5) is 5.82 Å². The van der Waals surface area contributed by atoms with E-state index in [-0.39, 0.29) is 0 Å². The molecule has 0 aliphatic heterocycles. The Balaban J connectivity index is 2.44. The molecule has 96 valence electrons. The highest BCUT2D eigenvalue weighted by molar-refractivity contribution is 5.52. The van der Waals surface area contributed by atoms with E-state index in [9.17, 15) is 0 Å². The fraction of sp³-hybridized carbons (Fsp3) is 0.462. The normalized spacial score (nSPS) is 10.9. The van der Waals surface area contributed by atoms with Gasteiger partial charge in [-0.25, -0.2) is 15.0 Å². The van der Waals surface area contributed by atoms with Gasteiger partial charge in [-0.05, 0) is 12.3 Å². The van der Waals surface area contributed by atoms with Gasteiger partial charge in [0.15, 0.2) is 5.82 Å². The van der Waals surface area contributed by atoms with Gasteiger partial charge < -0.3 is 9.88 Å². The zero-order valence-electron chi connectivity index (χ0n) is 11.3. The van der Waals surface area contributed by atoms with E-state index in [2.05, 4.69) is 34.1 Å². The van der Waals surface area contributed by atoms with E-state index in [4.69, 9.17) is 0 Å². The molecule has 2 rings (SSSR count). The van der Waals surface area contributed by atoms with E-state index >= 15 is 0 Å². The Morgan fingerprint density at radius 2 is 2.11 bits per heavy atom. The molecule has 18 heavy (non-hydrogen) atoms. The van der Waals surface area contributed by atoms with Crippen molar-refractivity contribution >= 4 is 5.82 Å². The maximum atomic E-state index is 4.61. The predicted molar refractivity (Wildman–Crippen MR) is 72.3 cm³/mol. The molecule has 0 radical (unpaired) electrons. The largest absolute Gasteiger partial charge is 0.373 e. The number of nitrogens with zero attached hydrogens (tertiary/aromatic N) is 4. The lowest BCUT2D eigenvalue weighted by Gasteiger charge is -2.09. The molecule has 5 heteroatoms. The monoisotopic (exact) mass is 245 g/mol. The van der Waals surface area contributed by atoms with Gasteiger partial charge in [0.05, 0.1) is 12.5 Å². The van der Waals surface area contributed by atoms with Crippen LogP contribution in [0.1, 0.15) is 19.5 Å². The predicted octanol–water partition coefficient (Wildman–Crippen LogP) is 2.12. The minimum absolute atomic E-state index is 0.573. The van der Waals surface area contributed by atoms with Gasteiger partial charge in [-0.3, -0.25) is 0 Å². The molecule has 0 aromatic carbocycles. The standard InChI is InChI=1S/C13H19N5/c1-9(2)5-10-6-12(14-3)17-13(16-10)11-7-15-8-18(11)4/h6-9H,5H2,1-4H3,(H,14,16,17). The molecule has 5 nitrogen and oxygen atoms in total. The molecule has 0 saturated carbocycles. The number of nitrogens with one attached hydrogen (secondary N) is 1. The quantitative estimate of drug-likeness (QED) is 0.896. The number of hydrogen-bond acceptors (Lipinski definition) is 4. The highest BCUT2D eigenvalue weighted by Gasteiger charge is 2.10. The van der Waals surface area contributed by atoms with Crippen molar-refractivity contribution in [1.82, 2.24) is 19.5 Å². The minimum Gasteiger partial charge on any atom is -0.373 e. The average molecular weight is 245 g/mol. The number of aryl methyl sites for hydroxylation is 1. The summed E-state index contributed by atoms with van der Waals surface area (Å²) < 4.78 is 1.92. The van der Waals surface area contributed by atoms with Crippen LogP contribution in [0.15, 0.2) is 18.6 Å². The molecule has 1 N–H and O–H groups in total. The SMILES string of the molecule is CNc1cc(CC(C)C)nc(-c2cncn2C)n1. The van der Waals surface area contributed by atoms with Crippen LogP contribution >= 0.6 is 0 Å². The zero-order chi connectivity index (χ0) is 13.1. The zero-order valence-corrected chi connectivity index (χ0v) is 11.3. The van der Waals surface area contributed by atoms with Crippen LogP contribution in [0.3, 0.4) is 0 Å². The van der Waals surface area contributed by atoms with Gasteiger partial charge in [0.1, 0.15) is 11.5 Å². The molecule has 2 aromatic rings. The molecule has 0 atom stereocenters. The number of hydrogen-bond donors (Lipinski definition) is 1. The molecule has 0 aliphatic carbocycles. The summed E-state index contributed by atoms with van der Waals surface area (Å²) in [4.78, 5) is 13.2. The summed E-state index contributed by atoms with van der Waals surface area (Å²) >= 11 is 0. The first-order valence-corrected chi connectivity index (χ1v) is 6.12. The molecular weight excluding hydrogens is 226 g/mol. The number of aromatic nitrogens is 4. The molecule has 0 aliphatic rings. The number of anilines is 1. The molecule has 0 saturated heterocycles. The molecular formula is C13H19N5. The topological polar surface area (TPSA) is 55.6 Å². The van der Waals surface area contributed by atoms with Crippen LogP contribution in [0, 0.1) is 5.92 Å². The van der Waals surface area contributed by atoms with Gasteiger partial charge in [-0.15, -0.1) is 0 Å². The van der Waals surface area contributed by atoms with Gasteiger partial charge in [0.2, 0.25) is 0 Å². The Morgan fingerprint density at radius 1 is 1.33 bits per heavy atom. The van der Waals surface area contributed by atoms with Crippen LogP contribution < -0.4 is 5.32 Å². The fourth-order valence-electron chi connectivity index (χ4n) is 1.84. The Morgan fingerprint density at radius 3 is 2.67 bits per heavy atom. The van der Waals surface area contributed by atoms with Crippen LogP contribution in [0.25, 0.3) is 11.5 Å². The van der Waals surface area contributed by atoms with Crippen molar-refractivity contribution in [1.29, 1.82) is 0 Å². The fourth-order valence-corrected chi connectivity index (χ4v) is 1.84. The lowest BCUT2D eigenvalue weighted by Crippen LogP contribution is -2.05. The third kappa shape index (κ3) is 2.67. The summed E-state index contributed by atoms with van der Waals surface area (Å²) in [7, 11) is 3.81. The third-order valence-corrected chi connectivity index (χ3v) is 2.70. The first-order valence-electron chi connectivity index (χ1n) is 6.12. The van der Waals surface area contributed by atoms with E-state index in [0.717, 1.165) is 29.5 Å². The maximum Gasteiger partial charge on any atom is 0.180 e. The molecule has 0 spiro atoms. The molecule has 0 fully saturated rings. The third-order valence-electron chi connectivity index (χ3n) is 2.70. The second-order valence-electron chi connectivity index (χ2n) is 4.81. The van der Waals surface area contributed by atoms with Crippen molar-refractivity contribution in [2.24, 2.45) is 13.0 Å². The lowest BCUT2D eigenvalue weighted by molar-refractivity contribution is 0.634. The first-order chi connectivity index (χ1) is 8.60. The smallest absolute Gasteiger partial charge is 0.180 e. The van der Waals surface area contributed by atoms with Gasteiger partial charge >= 0.3 is 0 Å². The van der Waals surface area contributed by atoms with Crippen LogP contribution in [0.2, 0.25) is 0 Å².